The lowest BCUT2D eigenvalue weighted by Gasteiger charge is -2.22. The van der Waals surface area contributed by atoms with Crippen LogP contribution in [0.5, 0.6) is 0 Å². The second kappa shape index (κ2) is 39.3. The summed E-state index contributed by atoms with van der Waals surface area (Å²) in [6.45, 7) is 23.0. The Labute approximate surface area is 400 Å². The van der Waals surface area contributed by atoms with E-state index in [1.165, 1.54) is 4.88 Å². The number of aliphatic imine (C=N–C) groups is 1. The van der Waals surface area contributed by atoms with Crippen LogP contribution in [0.3, 0.4) is 0 Å². The zero-order valence-corrected chi connectivity index (χ0v) is 42.2. The number of ether oxygens (including phenoxy) is 11. The average Bonchev–Trinajstić information content (AvgIpc) is 3.57. The first-order chi connectivity index (χ1) is 32.0. The Balaban J connectivity index is 1.27. The van der Waals surface area contributed by atoms with Crippen LogP contribution in [-0.2, 0) is 68.1 Å². The lowest BCUT2D eigenvalue weighted by molar-refractivity contribution is -0.156. The molecule has 1 aromatic rings. The molecule has 0 spiro atoms. The van der Waals surface area contributed by atoms with Crippen LogP contribution in [0.25, 0.3) is 6.08 Å². The Morgan fingerprint density at radius 1 is 0.621 bits per heavy atom. The molecule has 0 saturated carbocycles. The summed E-state index contributed by atoms with van der Waals surface area (Å²) in [5, 5.41) is 0. The summed E-state index contributed by atoms with van der Waals surface area (Å²) in [5.41, 5.74) is 7.39. The van der Waals surface area contributed by atoms with E-state index < -0.39 is 5.60 Å². The molecule has 0 saturated heterocycles. The molecule has 0 atom stereocenters. The number of esters is 1. The molecule has 1 aliphatic rings. The molecule has 2 rings (SSSR count). The number of carbonyl (C=O) groups excluding carboxylic acids is 2. The Kier molecular flexibility index (Phi) is 35.4. The number of amides is 1. The Morgan fingerprint density at radius 2 is 1.06 bits per heavy atom. The lowest BCUT2D eigenvalue weighted by Crippen LogP contribution is -2.34. The van der Waals surface area contributed by atoms with Gasteiger partial charge < -0.3 is 67.6 Å². The highest BCUT2D eigenvalue weighted by atomic mass is 32.1. The van der Waals surface area contributed by atoms with E-state index in [1.54, 1.807) is 11.3 Å². The van der Waals surface area contributed by atoms with Gasteiger partial charge in [-0.1, -0.05) is 20.3 Å². The minimum atomic E-state index is -0.479. The SMILES string of the molecule is CCCN(CCC)C(=O)C1=Cc2sc(CCCCCN(C)CCOCCOCCOCCOCCOCCOCCOCCOCCOCCOCCC(=O)OC(C)(C)C)cc2N=C(N)C1. The minimum absolute atomic E-state index is 0.0790. The fourth-order valence-corrected chi connectivity index (χ4v) is 7.48. The second-order valence-electron chi connectivity index (χ2n) is 16.8. The van der Waals surface area contributed by atoms with Crippen LogP contribution in [0.2, 0.25) is 0 Å². The molecule has 382 valence electrons. The van der Waals surface area contributed by atoms with Crippen molar-refractivity contribution in [2.75, 3.05) is 165 Å². The van der Waals surface area contributed by atoms with Crippen LogP contribution in [-0.4, -0.2) is 198 Å². The molecule has 0 unspecified atom stereocenters. The number of nitrogens with zero attached hydrogens (tertiary/aromatic N) is 3. The maximum Gasteiger partial charge on any atom is 0.308 e. The highest BCUT2D eigenvalue weighted by molar-refractivity contribution is 7.13. The summed E-state index contributed by atoms with van der Waals surface area (Å²) in [7, 11) is 2.13. The van der Waals surface area contributed by atoms with Crippen LogP contribution >= 0.6 is 11.3 Å². The van der Waals surface area contributed by atoms with Gasteiger partial charge >= 0.3 is 5.97 Å². The number of thiophene rings is 1. The molecule has 1 aliphatic heterocycles. The van der Waals surface area contributed by atoms with Gasteiger partial charge in [-0.2, -0.15) is 0 Å². The van der Waals surface area contributed by atoms with Gasteiger partial charge in [-0.25, -0.2) is 4.99 Å². The molecular weight excluding hydrogens is 873 g/mol. The summed E-state index contributed by atoms with van der Waals surface area (Å²) in [4.78, 5) is 36.1. The summed E-state index contributed by atoms with van der Waals surface area (Å²) >= 11 is 1.73. The van der Waals surface area contributed by atoms with E-state index in [0.717, 1.165) is 80.8 Å². The summed E-state index contributed by atoms with van der Waals surface area (Å²) in [6.07, 6.45) is 8.90. The highest BCUT2D eigenvalue weighted by Crippen LogP contribution is 2.35. The van der Waals surface area contributed by atoms with Crippen LogP contribution < -0.4 is 5.73 Å². The monoisotopic (exact) mass is 959 g/mol. The number of fused-ring (bicyclic) bond motifs is 1. The van der Waals surface area contributed by atoms with Crippen molar-refractivity contribution >= 4 is 40.8 Å². The number of hydrogen-bond donors (Lipinski definition) is 1. The van der Waals surface area contributed by atoms with Crippen LogP contribution in [0.15, 0.2) is 16.6 Å². The van der Waals surface area contributed by atoms with Crippen molar-refractivity contribution in [3.05, 3.63) is 21.4 Å². The molecule has 17 nitrogen and oxygen atoms in total. The van der Waals surface area contributed by atoms with Gasteiger partial charge in [0.05, 0.1) is 149 Å². The molecular formula is C48H86N4O13S. The molecule has 66 heavy (non-hydrogen) atoms. The molecule has 0 aliphatic carbocycles. The third-order valence-corrected chi connectivity index (χ3v) is 10.7. The summed E-state index contributed by atoms with van der Waals surface area (Å²) < 4.78 is 60.6. The third kappa shape index (κ3) is 32.2. The van der Waals surface area contributed by atoms with Crippen molar-refractivity contribution in [1.29, 1.82) is 0 Å². The largest absolute Gasteiger partial charge is 0.460 e. The maximum atomic E-state index is 13.3. The second-order valence-corrected chi connectivity index (χ2v) is 17.9. The first-order valence-electron chi connectivity index (χ1n) is 24.2. The first kappa shape index (κ1) is 59.5. The van der Waals surface area contributed by atoms with Crippen molar-refractivity contribution < 1.29 is 61.7 Å². The van der Waals surface area contributed by atoms with Gasteiger partial charge in [0.2, 0.25) is 5.91 Å². The normalized spacial score (nSPS) is 12.9. The van der Waals surface area contributed by atoms with Crippen molar-refractivity contribution in [1.82, 2.24) is 9.80 Å². The van der Waals surface area contributed by atoms with Crippen LogP contribution in [0, 0.1) is 0 Å². The standard InChI is InChI=1S/C48H86N4O13S/c1-7-14-52(15-8-2)47(54)41-38-44-43(50-45(49)39-41)40-42(66-44)12-10-9-11-16-51(6)17-19-56-21-23-58-25-27-60-29-31-62-33-35-64-37-36-63-34-32-61-30-28-59-26-24-57-22-20-55-18-13-46(53)65-48(3,4)5/h38,40H,7-37,39H2,1-6H3,(H2,49,50). The first-order valence-corrected chi connectivity index (χ1v) is 25.0. The zero-order valence-electron chi connectivity index (χ0n) is 41.4. The van der Waals surface area contributed by atoms with Crippen molar-refractivity contribution in [3.8, 4) is 0 Å². The van der Waals surface area contributed by atoms with Crippen molar-refractivity contribution in [2.24, 2.45) is 10.7 Å². The highest BCUT2D eigenvalue weighted by Gasteiger charge is 2.22. The van der Waals surface area contributed by atoms with Crippen LogP contribution in [0.4, 0.5) is 5.69 Å². The van der Waals surface area contributed by atoms with Crippen LogP contribution in [0.1, 0.15) is 89.3 Å². The van der Waals surface area contributed by atoms with E-state index >= 15 is 0 Å². The predicted molar refractivity (Wildman–Crippen MR) is 259 cm³/mol. The van der Waals surface area contributed by atoms with Gasteiger partial charge in [0.15, 0.2) is 0 Å². The fourth-order valence-electron chi connectivity index (χ4n) is 6.37. The van der Waals surface area contributed by atoms with Gasteiger partial charge in [-0.15, -0.1) is 11.3 Å². The molecule has 1 aromatic heterocycles. The lowest BCUT2D eigenvalue weighted by atomic mass is 10.1. The van der Waals surface area contributed by atoms with Gasteiger partial charge in [-0.3, -0.25) is 9.59 Å². The van der Waals surface area contributed by atoms with E-state index in [1.807, 2.05) is 31.7 Å². The molecule has 0 aromatic carbocycles. The number of amidine groups is 1. The number of unbranched alkanes of at least 4 members (excludes halogenated alkanes) is 2. The Bertz CT molecular complexity index is 1440. The van der Waals surface area contributed by atoms with E-state index in [-0.39, 0.29) is 18.3 Å². The Hall–Kier alpha value is -2.59. The number of rotatable bonds is 44. The van der Waals surface area contributed by atoms with Gasteiger partial charge in [0.1, 0.15) is 11.4 Å². The van der Waals surface area contributed by atoms with Crippen molar-refractivity contribution in [2.45, 2.75) is 91.6 Å². The third-order valence-electron chi connectivity index (χ3n) is 9.58. The number of hydrogen-bond acceptors (Lipinski definition) is 17. The zero-order chi connectivity index (χ0) is 47.9. The smallest absolute Gasteiger partial charge is 0.308 e. The average molecular weight is 959 g/mol. The summed E-state index contributed by atoms with van der Waals surface area (Å²) in [6, 6.07) is 2.14. The fraction of sp³-hybridized carbons (Fsp3) is 0.812. The molecule has 0 fully saturated rings. The minimum Gasteiger partial charge on any atom is -0.460 e. The van der Waals surface area contributed by atoms with E-state index in [0.29, 0.717) is 144 Å². The van der Waals surface area contributed by atoms with E-state index in [9.17, 15) is 9.59 Å². The molecule has 2 N–H and O–H groups in total. The summed E-state index contributed by atoms with van der Waals surface area (Å²) in [5.74, 6) is 0.314. The molecule has 1 amide bonds. The Morgan fingerprint density at radius 3 is 1.50 bits per heavy atom. The van der Waals surface area contributed by atoms with E-state index in [2.05, 4.69) is 36.9 Å². The van der Waals surface area contributed by atoms with E-state index in [4.69, 9.17) is 57.8 Å². The number of likely N-dealkylation sites (N-methyl/N-ethyl adjacent to an activating group) is 1. The molecule has 2 heterocycles. The number of aryl methyl sites for hydroxylation is 1. The van der Waals surface area contributed by atoms with Gasteiger partial charge in [-0.05, 0) is 78.6 Å². The molecule has 0 bridgehead atoms. The molecule has 0 radical (unpaired) electrons. The maximum absolute atomic E-state index is 13.3. The number of nitrogens with two attached hydrogens (primary N) is 1. The topological polar surface area (TPSA) is 181 Å². The molecule has 18 heteroatoms. The van der Waals surface area contributed by atoms with Gasteiger partial charge in [0, 0.05) is 36.5 Å². The van der Waals surface area contributed by atoms with Crippen molar-refractivity contribution in [3.63, 3.8) is 0 Å². The van der Waals surface area contributed by atoms with Gasteiger partial charge in [0.25, 0.3) is 0 Å². The quantitative estimate of drug-likeness (QED) is 0.0620. The number of carbonyl (C=O) groups is 2. The predicted octanol–water partition coefficient (Wildman–Crippen LogP) is 5.71.